The Morgan fingerprint density at radius 2 is 2.11 bits per heavy atom. The number of halogens is 1. The van der Waals surface area contributed by atoms with Gasteiger partial charge in [-0.15, -0.1) is 17.8 Å². The Balaban J connectivity index is 0.00000180. The van der Waals surface area contributed by atoms with E-state index in [1.807, 2.05) is 24.3 Å². The maximum Gasteiger partial charge on any atom is 0.188 e. The Hall–Kier alpha value is -0.156. The molecule has 1 aliphatic heterocycles. The standard InChI is InChI=1S/C14H15BrNO2.Y/c1-10-13(15)7-8-14(16-10)11-3-5-12(6-4-11)18-9-17-2;/h3-6,13,16H,1,7,9H2,2H3;/q-1;. The minimum atomic E-state index is 0. The van der Waals surface area contributed by atoms with Crippen LogP contribution in [0.5, 0.6) is 5.75 Å². The molecule has 1 atom stereocenters. The van der Waals surface area contributed by atoms with Gasteiger partial charge in [-0.25, -0.2) is 6.08 Å². The summed E-state index contributed by atoms with van der Waals surface area (Å²) < 4.78 is 10.2. The first-order valence-corrected chi connectivity index (χ1v) is 6.55. The van der Waals surface area contributed by atoms with Gasteiger partial charge in [-0.3, -0.25) is 0 Å². The van der Waals surface area contributed by atoms with Crippen LogP contribution in [0.4, 0.5) is 0 Å². The smallest absolute Gasteiger partial charge is 0.188 e. The van der Waals surface area contributed by atoms with E-state index in [-0.39, 0.29) is 44.3 Å². The van der Waals surface area contributed by atoms with Crippen LogP contribution in [0, 0.1) is 6.08 Å². The molecule has 0 fully saturated rings. The summed E-state index contributed by atoms with van der Waals surface area (Å²) in [6.45, 7) is 4.23. The Morgan fingerprint density at radius 1 is 1.42 bits per heavy atom. The van der Waals surface area contributed by atoms with E-state index in [9.17, 15) is 0 Å². The number of hydrogen-bond acceptors (Lipinski definition) is 3. The van der Waals surface area contributed by atoms with Crippen LogP contribution in [0.2, 0.25) is 0 Å². The van der Waals surface area contributed by atoms with Crippen LogP contribution in [-0.4, -0.2) is 18.7 Å². The molecule has 1 heterocycles. The van der Waals surface area contributed by atoms with E-state index < -0.39 is 0 Å². The van der Waals surface area contributed by atoms with Gasteiger partial charge in [-0.1, -0.05) is 28.9 Å². The van der Waals surface area contributed by atoms with Crippen molar-refractivity contribution in [2.24, 2.45) is 0 Å². The molecule has 1 aromatic carbocycles. The fraction of sp³-hybridized carbons (Fsp3) is 0.286. The summed E-state index contributed by atoms with van der Waals surface area (Å²) in [6, 6.07) is 7.80. The predicted molar refractivity (Wildman–Crippen MR) is 75.2 cm³/mol. The van der Waals surface area contributed by atoms with E-state index >= 15 is 0 Å². The van der Waals surface area contributed by atoms with Gasteiger partial charge in [0.2, 0.25) is 0 Å². The van der Waals surface area contributed by atoms with Crippen LogP contribution >= 0.6 is 15.9 Å². The summed E-state index contributed by atoms with van der Waals surface area (Å²) in [7, 11) is 1.60. The monoisotopic (exact) mass is 397 g/mol. The molecule has 3 nitrogen and oxygen atoms in total. The molecule has 0 aromatic heterocycles. The van der Waals surface area contributed by atoms with E-state index in [1.54, 1.807) is 7.11 Å². The molecule has 0 saturated heterocycles. The van der Waals surface area contributed by atoms with Gasteiger partial charge in [0.1, 0.15) is 5.75 Å². The van der Waals surface area contributed by atoms with Gasteiger partial charge in [-0.2, -0.15) is 5.56 Å². The van der Waals surface area contributed by atoms with Gasteiger partial charge in [0.05, 0.1) is 0 Å². The van der Waals surface area contributed by atoms with Gasteiger partial charge in [0.15, 0.2) is 6.79 Å². The third-order valence-electron chi connectivity index (χ3n) is 2.61. The zero-order chi connectivity index (χ0) is 13.0. The van der Waals surface area contributed by atoms with E-state index in [4.69, 9.17) is 9.47 Å². The molecule has 0 amide bonds. The van der Waals surface area contributed by atoms with E-state index in [0.29, 0.717) is 0 Å². The van der Waals surface area contributed by atoms with Crippen molar-refractivity contribution in [2.75, 3.05) is 13.9 Å². The van der Waals surface area contributed by atoms with Crippen LogP contribution in [-0.2, 0) is 37.4 Å². The number of nitrogens with one attached hydrogen (secondary N) is 1. The summed E-state index contributed by atoms with van der Waals surface area (Å²) in [4.78, 5) is 0.255. The molecule has 1 N–H and O–H groups in total. The zero-order valence-corrected chi connectivity index (χ0v) is 15.2. The van der Waals surface area contributed by atoms with E-state index in [1.165, 1.54) is 0 Å². The predicted octanol–water partition coefficient (Wildman–Crippen LogP) is 3.08. The number of benzene rings is 1. The Kier molecular flexibility index (Phi) is 7.29. The molecular formula is C14H15BrNO2Y-. The van der Waals surface area contributed by atoms with Crippen molar-refractivity contribution in [2.45, 2.75) is 11.2 Å². The number of allylic oxidation sites excluding steroid dienone is 2. The first kappa shape index (κ1) is 16.9. The Bertz CT molecular complexity index is 459. The van der Waals surface area contributed by atoms with Crippen molar-refractivity contribution >= 4 is 21.6 Å². The van der Waals surface area contributed by atoms with Crippen molar-refractivity contribution in [3.63, 3.8) is 0 Å². The molecule has 1 aromatic rings. The molecule has 1 radical (unpaired) electrons. The maximum absolute atomic E-state index is 5.34. The number of hydrogen-bond donors (Lipinski definition) is 1. The van der Waals surface area contributed by atoms with Crippen molar-refractivity contribution in [1.82, 2.24) is 5.32 Å². The summed E-state index contributed by atoms with van der Waals surface area (Å²) >= 11 is 3.52. The second-order valence-electron chi connectivity index (χ2n) is 3.95. The summed E-state index contributed by atoms with van der Waals surface area (Å²) in [6.07, 6.45) is 4.13. The number of methoxy groups -OCH3 is 1. The molecule has 1 unspecified atom stereocenters. The molecular weight excluding hydrogens is 383 g/mol. The normalized spacial score (nSPS) is 18.1. The fourth-order valence-corrected chi connectivity index (χ4v) is 1.89. The molecule has 0 spiro atoms. The second kappa shape index (κ2) is 8.20. The molecule has 1 aliphatic rings. The minimum absolute atomic E-state index is 0. The third kappa shape index (κ3) is 4.71. The van der Waals surface area contributed by atoms with Crippen molar-refractivity contribution in [3.05, 3.63) is 48.2 Å². The van der Waals surface area contributed by atoms with Crippen molar-refractivity contribution < 1.29 is 42.2 Å². The third-order valence-corrected chi connectivity index (χ3v) is 3.48. The van der Waals surface area contributed by atoms with E-state index in [0.717, 1.165) is 29.1 Å². The SMILES string of the molecule is C=C1NC(c2ccc(OCOC)cc2)=[C-]CC1Br.[Y]. The van der Waals surface area contributed by atoms with Crippen LogP contribution in [0.25, 0.3) is 5.70 Å². The molecule has 5 heteroatoms. The van der Waals surface area contributed by atoms with Crippen LogP contribution < -0.4 is 10.1 Å². The van der Waals surface area contributed by atoms with E-state index in [2.05, 4.69) is 33.9 Å². The minimum Gasteiger partial charge on any atom is -0.468 e. The van der Waals surface area contributed by atoms with Crippen LogP contribution in [0.1, 0.15) is 12.0 Å². The topological polar surface area (TPSA) is 30.5 Å². The number of rotatable bonds is 4. The Labute approximate surface area is 147 Å². The summed E-state index contributed by atoms with van der Waals surface area (Å²) in [5.41, 5.74) is 3.00. The summed E-state index contributed by atoms with van der Waals surface area (Å²) in [5, 5.41) is 3.24. The average molecular weight is 398 g/mol. The van der Waals surface area contributed by atoms with Crippen molar-refractivity contribution in [1.29, 1.82) is 0 Å². The van der Waals surface area contributed by atoms with Gasteiger partial charge in [0.25, 0.3) is 0 Å². The number of alkyl halides is 1. The average Bonchev–Trinajstić information content (AvgIpc) is 2.40. The van der Waals surface area contributed by atoms with Crippen LogP contribution in [0.3, 0.4) is 0 Å². The zero-order valence-electron chi connectivity index (χ0n) is 10.8. The quantitative estimate of drug-likeness (QED) is 0.481. The van der Waals surface area contributed by atoms with Crippen molar-refractivity contribution in [3.8, 4) is 5.75 Å². The van der Waals surface area contributed by atoms with Gasteiger partial charge in [0, 0.05) is 50.3 Å². The molecule has 19 heavy (non-hydrogen) atoms. The molecule has 99 valence electrons. The largest absolute Gasteiger partial charge is 0.468 e. The molecule has 2 rings (SSSR count). The fourth-order valence-electron chi connectivity index (χ4n) is 1.62. The second-order valence-corrected chi connectivity index (χ2v) is 5.05. The first-order valence-electron chi connectivity index (χ1n) is 5.63. The molecule has 0 saturated carbocycles. The Morgan fingerprint density at radius 3 is 2.68 bits per heavy atom. The first-order chi connectivity index (χ1) is 8.70. The maximum atomic E-state index is 5.34. The molecule has 0 bridgehead atoms. The van der Waals surface area contributed by atoms with Gasteiger partial charge in [-0.05, 0) is 12.1 Å². The molecule has 0 aliphatic carbocycles. The summed E-state index contributed by atoms with van der Waals surface area (Å²) in [5.74, 6) is 0.786. The van der Waals surface area contributed by atoms with Gasteiger partial charge >= 0.3 is 0 Å². The van der Waals surface area contributed by atoms with Gasteiger partial charge < -0.3 is 14.8 Å². The van der Waals surface area contributed by atoms with Crippen LogP contribution in [0.15, 0.2) is 36.5 Å². The number of ether oxygens (including phenoxy) is 2.